The Morgan fingerprint density at radius 2 is 1.63 bits per heavy atom. The molecule has 222 valence electrons. The number of rotatable bonds is 9. The van der Waals surface area contributed by atoms with Crippen LogP contribution in [0.15, 0.2) is 48.5 Å². The van der Waals surface area contributed by atoms with Crippen LogP contribution in [0.3, 0.4) is 0 Å². The minimum Gasteiger partial charge on any atom is -0.496 e. The van der Waals surface area contributed by atoms with Crippen molar-refractivity contribution >= 4 is 35.2 Å². The number of anilines is 2. The first-order chi connectivity index (χ1) is 19.3. The molecule has 0 bridgehead atoms. The van der Waals surface area contributed by atoms with Crippen molar-refractivity contribution in [3.8, 4) is 5.75 Å². The van der Waals surface area contributed by atoms with E-state index in [-0.39, 0.29) is 43.8 Å². The van der Waals surface area contributed by atoms with Gasteiger partial charge >= 0.3 is 6.09 Å². The fourth-order valence-electron chi connectivity index (χ4n) is 4.51. The molecule has 0 radical (unpaired) electrons. The molecule has 0 saturated carbocycles. The molecule has 0 aromatic heterocycles. The van der Waals surface area contributed by atoms with Crippen LogP contribution in [0.25, 0.3) is 0 Å². The number of amides is 4. The maximum Gasteiger partial charge on any atom is 0.407 e. The number of ether oxygens (including phenoxy) is 2. The van der Waals surface area contributed by atoms with Crippen LogP contribution in [0, 0.1) is 11.8 Å². The first kappa shape index (κ1) is 31.4. The van der Waals surface area contributed by atoms with Crippen molar-refractivity contribution in [1.29, 1.82) is 0 Å². The number of fused-ring (bicyclic) bond motifs is 1. The van der Waals surface area contributed by atoms with Crippen molar-refractivity contribution in [2.75, 3.05) is 30.0 Å². The normalized spacial score (nSPS) is 16.0. The highest BCUT2D eigenvalue weighted by molar-refractivity contribution is 6.08. The lowest BCUT2D eigenvalue weighted by Gasteiger charge is -2.27. The van der Waals surface area contributed by atoms with Gasteiger partial charge in [-0.3, -0.25) is 14.4 Å². The predicted octanol–water partition coefficient (Wildman–Crippen LogP) is 4.27. The largest absolute Gasteiger partial charge is 0.496 e. The molecule has 0 fully saturated rings. The summed E-state index contributed by atoms with van der Waals surface area (Å²) in [6.45, 7) is 11.0. The molecule has 3 rings (SSSR count). The van der Waals surface area contributed by atoms with Gasteiger partial charge in [-0.1, -0.05) is 51.1 Å². The first-order valence-corrected chi connectivity index (χ1v) is 13.9. The van der Waals surface area contributed by atoms with E-state index in [1.54, 1.807) is 50.7 Å². The fourth-order valence-corrected chi connectivity index (χ4v) is 4.51. The number of carbonyl (C=O) groups is 4. The van der Waals surface area contributed by atoms with E-state index in [2.05, 4.69) is 10.6 Å². The molecular formula is C31H42N4O6. The Morgan fingerprint density at radius 1 is 1.00 bits per heavy atom. The number of methoxy groups -OCH3 is 1. The molecule has 2 N–H and O–H groups in total. The molecule has 0 saturated heterocycles. The van der Waals surface area contributed by atoms with Crippen molar-refractivity contribution in [3.05, 3.63) is 54.1 Å². The van der Waals surface area contributed by atoms with Gasteiger partial charge in [-0.2, -0.15) is 0 Å². The molecule has 0 aliphatic carbocycles. The van der Waals surface area contributed by atoms with E-state index in [9.17, 15) is 19.2 Å². The van der Waals surface area contributed by atoms with Crippen LogP contribution >= 0.6 is 0 Å². The summed E-state index contributed by atoms with van der Waals surface area (Å²) in [7, 11) is 1.57. The second-order valence-electron chi connectivity index (χ2n) is 11.7. The van der Waals surface area contributed by atoms with E-state index >= 15 is 0 Å². The molecule has 0 spiro atoms. The highest BCUT2D eigenvalue weighted by Crippen LogP contribution is 2.35. The van der Waals surface area contributed by atoms with E-state index in [1.165, 1.54) is 0 Å². The standard InChI is InChI=1S/C31H42N4O6/c1-20(2)16-27(36)34-19-23(33-28(37)21(3)17-32-30(39)41-31(4,5)6)29(38)35(25-14-10-9-13-24(25)34)18-22-12-8-11-15-26(22)40-7/h8-15,20-21,23H,16-19H2,1-7H3,(H,32,39)(H,33,37)/t21-,23-/m0/s1. The molecule has 10 nitrogen and oxygen atoms in total. The minimum atomic E-state index is -1.02. The molecule has 2 atom stereocenters. The van der Waals surface area contributed by atoms with Gasteiger partial charge in [-0.25, -0.2) is 4.79 Å². The van der Waals surface area contributed by atoms with Crippen molar-refractivity contribution < 1.29 is 28.7 Å². The lowest BCUT2D eigenvalue weighted by atomic mass is 10.1. The number of nitrogens with one attached hydrogen (secondary N) is 2. The van der Waals surface area contributed by atoms with Crippen LogP contribution in [-0.2, 0) is 25.7 Å². The Labute approximate surface area is 242 Å². The lowest BCUT2D eigenvalue weighted by Crippen LogP contribution is -2.54. The molecule has 1 heterocycles. The van der Waals surface area contributed by atoms with Crippen LogP contribution in [0.5, 0.6) is 5.75 Å². The zero-order chi connectivity index (χ0) is 30.3. The summed E-state index contributed by atoms with van der Waals surface area (Å²) < 4.78 is 10.8. The van der Waals surface area contributed by atoms with Gasteiger partial charge in [0.2, 0.25) is 11.8 Å². The minimum absolute atomic E-state index is 0.0167. The number of nitrogens with zero attached hydrogens (tertiary/aromatic N) is 2. The van der Waals surface area contributed by atoms with Crippen molar-refractivity contribution in [1.82, 2.24) is 10.6 Å². The number of benzene rings is 2. The average Bonchev–Trinajstić information content (AvgIpc) is 3.01. The summed E-state index contributed by atoms with van der Waals surface area (Å²) in [5, 5.41) is 5.45. The maximum atomic E-state index is 14.1. The maximum absolute atomic E-state index is 14.1. The van der Waals surface area contributed by atoms with E-state index in [4.69, 9.17) is 9.47 Å². The molecule has 1 aliphatic heterocycles. The van der Waals surface area contributed by atoms with Gasteiger partial charge in [-0.15, -0.1) is 0 Å². The van der Waals surface area contributed by atoms with Crippen LogP contribution in [-0.4, -0.2) is 55.7 Å². The molecule has 0 unspecified atom stereocenters. The summed E-state index contributed by atoms with van der Waals surface area (Å²) in [5.74, 6) is -0.869. The second-order valence-corrected chi connectivity index (χ2v) is 11.7. The van der Waals surface area contributed by atoms with E-state index in [1.807, 2.05) is 56.3 Å². The summed E-state index contributed by atoms with van der Waals surface area (Å²) in [4.78, 5) is 56.1. The summed E-state index contributed by atoms with van der Waals surface area (Å²) in [6.07, 6.45) is -0.349. The Balaban J connectivity index is 1.92. The van der Waals surface area contributed by atoms with Gasteiger partial charge in [0.25, 0.3) is 5.91 Å². The Morgan fingerprint density at radius 3 is 2.27 bits per heavy atom. The van der Waals surface area contributed by atoms with Crippen molar-refractivity contribution in [3.63, 3.8) is 0 Å². The first-order valence-electron chi connectivity index (χ1n) is 13.9. The zero-order valence-electron chi connectivity index (χ0n) is 25.0. The monoisotopic (exact) mass is 566 g/mol. The van der Waals surface area contributed by atoms with Gasteiger partial charge in [-0.05, 0) is 44.9 Å². The Hall–Kier alpha value is -4.08. The molecule has 10 heteroatoms. The fraction of sp³-hybridized carbons (Fsp3) is 0.484. The number of para-hydroxylation sites is 3. The van der Waals surface area contributed by atoms with E-state index in [0.29, 0.717) is 17.1 Å². The SMILES string of the molecule is COc1ccccc1CN1C(=O)[C@@H](NC(=O)[C@@H](C)CNC(=O)OC(C)(C)C)CN(C(=O)CC(C)C)c2ccccc21. The lowest BCUT2D eigenvalue weighted by molar-refractivity contribution is -0.129. The predicted molar refractivity (Wildman–Crippen MR) is 158 cm³/mol. The Bertz CT molecular complexity index is 1260. The molecule has 4 amide bonds. The molecule has 2 aromatic rings. The van der Waals surface area contributed by atoms with E-state index in [0.717, 1.165) is 5.56 Å². The smallest absolute Gasteiger partial charge is 0.407 e. The highest BCUT2D eigenvalue weighted by atomic mass is 16.6. The van der Waals surface area contributed by atoms with Crippen LogP contribution in [0.4, 0.5) is 16.2 Å². The average molecular weight is 567 g/mol. The molecule has 2 aromatic carbocycles. The summed E-state index contributed by atoms with van der Waals surface area (Å²) in [5.41, 5.74) is 1.27. The molecular weight excluding hydrogens is 524 g/mol. The molecule has 1 aliphatic rings. The zero-order valence-corrected chi connectivity index (χ0v) is 25.0. The topological polar surface area (TPSA) is 117 Å². The number of carbonyl (C=O) groups excluding carboxylic acids is 4. The van der Waals surface area contributed by atoms with E-state index < -0.39 is 29.6 Å². The number of hydrogen-bond donors (Lipinski definition) is 2. The van der Waals surface area contributed by atoms with Gasteiger partial charge in [0, 0.05) is 18.5 Å². The third-order valence-corrected chi connectivity index (χ3v) is 6.51. The molecule has 41 heavy (non-hydrogen) atoms. The Kier molecular flexibility index (Phi) is 10.4. The highest BCUT2D eigenvalue weighted by Gasteiger charge is 2.37. The summed E-state index contributed by atoms with van der Waals surface area (Å²) >= 11 is 0. The number of hydrogen-bond acceptors (Lipinski definition) is 6. The third kappa shape index (κ3) is 8.45. The van der Waals surface area contributed by atoms with Gasteiger partial charge in [0.1, 0.15) is 17.4 Å². The summed E-state index contributed by atoms with van der Waals surface area (Å²) in [6, 6.07) is 13.6. The third-order valence-electron chi connectivity index (χ3n) is 6.51. The second kappa shape index (κ2) is 13.5. The van der Waals surface area contributed by atoms with Crippen molar-refractivity contribution in [2.45, 2.75) is 66.2 Å². The van der Waals surface area contributed by atoms with Gasteiger partial charge in [0.05, 0.1) is 37.5 Å². The van der Waals surface area contributed by atoms with Gasteiger partial charge < -0.3 is 29.9 Å². The quantitative estimate of drug-likeness (QED) is 0.468. The van der Waals surface area contributed by atoms with Crippen LogP contribution < -0.4 is 25.2 Å². The number of alkyl carbamates (subject to hydrolysis) is 1. The van der Waals surface area contributed by atoms with Crippen LogP contribution in [0.2, 0.25) is 0 Å². The van der Waals surface area contributed by atoms with Gasteiger partial charge in [0.15, 0.2) is 0 Å². The van der Waals surface area contributed by atoms with Crippen LogP contribution in [0.1, 0.15) is 53.5 Å². The van der Waals surface area contributed by atoms with Crippen molar-refractivity contribution in [2.24, 2.45) is 11.8 Å².